The Morgan fingerprint density at radius 1 is 1.47 bits per heavy atom. The Balaban J connectivity index is 3.03. The van der Waals surface area contributed by atoms with Crippen LogP contribution in [0.1, 0.15) is 47.7 Å². The van der Waals surface area contributed by atoms with Gasteiger partial charge in [-0.1, -0.05) is 26.0 Å². The monoisotopic (exact) mass is 206 g/mol. The fourth-order valence-corrected chi connectivity index (χ4v) is 1.57. The number of hydrogen-bond donors (Lipinski definition) is 0. The maximum absolute atomic E-state index is 11.4. The van der Waals surface area contributed by atoms with E-state index in [1.807, 2.05) is 19.1 Å². The molecule has 1 aromatic rings. The van der Waals surface area contributed by atoms with E-state index in [-0.39, 0.29) is 5.97 Å². The predicted octanol–water partition coefficient (Wildman–Crippen LogP) is 3.30. The number of methoxy groups -OCH3 is 1. The van der Waals surface area contributed by atoms with Gasteiger partial charge in [0.1, 0.15) is 0 Å². The summed E-state index contributed by atoms with van der Waals surface area (Å²) in [4.78, 5) is 11.4. The maximum Gasteiger partial charge on any atom is 0.338 e. The number of carbonyl (C=O) groups excluding carboxylic acids is 1. The standard InChI is InChI=1S/C13H18O2/c1-5-9(2)11-6-7-12(10(3)8-11)13(14)15-4/h6-9H,5H2,1-4H3/t9-/m0/s1. The molecule has 0 spiro atoms. The lowest BCUT2D eigenvalue weighted by atomic mass is 9.95. The Kier molecular flexibility index (Phi) is 3.89. The Morgan fingerprint density at radius 2 is 2.13 bits per heavy atom. The second-order valence-electron chi connectivity index (χ2n) is 3.88. The van der Waals surface area contributed by atoms with E-state index < -0.39 is 0 Å². The van der Waals surface area contributed by atoms with Crippen molar-refractivity contribution in [1.29, 1.82) is 0 Å². The van der Waals surface area contributed by atoms with E-state index in [0.29, 0.717) is 11.5 Å². The van der Waals surface area contributed by atoms with Gasteiger partial charge < -0.3 is 4.74 Å². The van der Waals surface area contributed by atoms with Gasteiger partial charge in [0, 0.05) is 0 Å². The lowest BCUT2D eigenvalue weighted by Gasteiger charge is -2.11. The van der Waals surface area contributed by atoms with Gasteiger partial charge in [-0.25, -0.2) is 4.79 Å². The minimum absolute atomic E-state index is 0.261. The van der Waals surface area contributed by atoms with E-state index in [2.05, 4.69) is 19.9 Å². The van der Waals surface area contributed by atoms with Gasteiger partial charge in [-0.2, -0.15) is 0 Å². The molecule has 2 heteroatoms. The van der Waals surface area contributed by atoms with Crippen LogP contribution in [0.3, 0.4) is 0 Å². The van der Waals surface area contributed by atoms with Crippen LogP contribution in [-0.2, 0) is 4.74 Å². The van der Waals surface area contributed by atoms with Crippen molar-refractivity contribution in [3.05, 3.63) is 34.9 Å². The summed E-state index contributed by atoms with van der Waals surface area (Å²) in [5, 5.41) is 0. The molecule has 0 radical (unpaired) electrons. The number of rotatable bonds is 3. The third kappa shape index (κ3) is 2.58. The van der Waals surface area contributed by atoms with Gasteiger partial charge in [-0.3, -0.25) is 0 Å². The van der Waals surface area contributed by atoms with Crippen LogP contribution in [0.15, 0.2) is 18.2 Å². The molecule has 0 heterocycles. The highest BCUT2D eigenvalue weighted by Gasteiger charge is 2.10. The largest absolute Gasteiger partial charge is 0.465 e. The van der Waals surface area contributed by atoms with Crippen LogP contribution in [0.25, 0.3) is 0 Å². The summed E-state index contributed by atoms with van der Waals surface area (Å²) < 4.78 is 4.70. The Hall–Kier alpha value is -1.31. The summed E-state index contributed by atoms with van der Waals surface area (Å²) in [6, 6.07) is 5.93. The van der Waals surface area contributed by atoms with Gasteiger partial charge in [-0.15, -0.1) is 0 Å². The molecule has 0 unspecified atom stereocenters. The summed E-state index contributed by atoms with van der Waals surface area (Å²) >= 11 is 0. The second kappa shape index (κ2) is 4.96. The molecular formula is C13H18O2. The fourth-order valence-electron chi connectivity index (χ4n) is 1.57. The van der Waals surface area contributed by atoms with Crippen molar-refractivity contribution in [1.82, 2.24) is 0 Å². The molecule has 0 N–H and O–H groups in total. The number of esters is 1. The van der Waals surface area contributed by atoms with E-state index >= 15 is 0 Å². The van der Waals surface area contributed by atoms with E-state index in [1.54, 1.807) is 0 Å². The molecule has 1 atom stereocenters. The summed E-state index contributed by atoms with van der Waals surface area (Å²) in [6.07, 6.45) is 1.11. The zero-order valence-electron chi connectivity index (χ0n) is 9.83. The minimum atomic E-state index is -0.261. The quantitative estimate of drug-likeness (QED) is 0.709. The first kappa shape index (κ1) is 11.8. The van der Waals surface area contributed by atoms with Crippen molar-refractivity contribution in [3.63, 3.8) is 0 Å². The van der Waals surface area contributed by atoms with Crippen LogP contribution >= 0.6 is 0 Å². The average Bonchev–Trinajstić information content (AvgIpc) is 2.26. The first-order valence-electron chi connectivity index (χ1n) is 5.29. The topological polar surface area (TPSA) is 26.3 Å². The smallest absolute Gasteiger partial charge is 0.338 e. The van der Waals surface area contributed by atoms with Crippen molar-refractivity contribution in [2.24, 2.45) is 0 Å². The fraction of sp³-hybridized carbons (Fsp3) is 0.462. The average molecular weight is 206 g/mol. The molecule has 0 fully saturated rings. The van der Waals surface area contributed by atoms with Crippen molar-refractivity contribution in [2.75, 3.05) is 7.11 Å². The van der Waals surface area contributed by atoms with Crippen molar-refractivity contribution in [2.45, 2.75) is 33.1 Å². The highest BCUT2D eigenvalue weighted by Crippen LogP contribution is 2.21. The van der Waals surface area contributed by atoms with Gasteiger partial charge in [0.15, 0.2) is 0 Å². The van der Waals surface area contributed by atoms with Gasteiger partial charge >= 0.3 is 5.97 Å². The molecule has 82 valence electrons. The molecule has 0 saturated carbocycles. The summed E-state index contributed by atoms with van der Waals surface area (Å²) in [7, 11) is 1.41. The van der Waals surface area contributed by atoms with Gasteiger partial charge in [0.05, 0.1) is 12.7 Å². The predicted molar refractivity (Wildman–Crippen MR) is 61.2 cm³/mol. The normalized spacial score (nSPS) is 12.3. The van der Waals surface area contributed by atoms with Crippen molar-refractivity contribution in [3.8, 4) is 0 Å². The minimum Gasteiger partial charge on any atom is -0.465 e. The molecule has 0 saturated heterocycles. The second-order valence-corrected chi connectivity index (χ2v) is 3.88. The lowest BCUT2D eigenvalue weighted by Crippen LogP contribution is -2.04. The first-order chi connectivity index (χ1) is 7.10. The van der Waals surface area contributed by atoms with Gasteiger partial charge in [0.25, 0.3) is 0 Å². The van der Waals surface area contributed by atoms with Gasteiger partial charge in [-0.05, 0) is 36.5 Å². The number of aryl methyl sites for hydroxylation is 1. The molecule has 0 aromatic heterocycles. The van der Waals surface area contributed by atoms with Crippen LogP contribution < -0.4 is 0 Å². The first-order valence-corrected chi connectivity index (χ1v) is 5.29. The van der Waals surface area contributed by atoms with Crippen LogP contribution in [0.2, 0.25) is 0 Å². The summed E-state index contributed by atoms with van der Waals surface area (Å²) in [5.41, 5.74) is 2.92. The molecule has 0 aliphatic rings. The number of hydrogen-bond acceptors (Lipinski definition) is 2. The molecular weight excluding hydrogens is 188 g/mol. The molecule has 15 heavy (non-hydrogen) atoms. The zero-order valence-corrected chi connectivity index (χ0v) is 9.83. The Labute approximate surface area is 91.3 Å². The highest BCUT2D eigenvalue weighted by atomic mass is 16.5. The Morgan fingerprint density at radius 3 is 2.60 bits per heavy atom. The van der Waals surface area contributed by atoms with Gasteiger partial charge in [0.2, 0.25) is 0 Å². The number of ether oxygens (including phenoxy) is 1. The maximum atomic E-state index is 11.4. The molecule has 0 aliphatic heterocycles. The molecule has 0 aliphatic carbocycles. The number of benzene rings is 1. The third-order valence-corrected chi connectivity index (χ3v) is 2.84. The van der Waals surface area contributed by atoms with E-state index in [1.165, 1.54) is 12.7 Å². The molecule has 2 nitrogen and oxygen atoms in total. The van der Waals surface area contributed by atoms with E-state index in [0.717, 1.165) is 12.0 Å². The highest BCUT2D eigenvalue weighted by molar-refractivity contribution is 5.90. The molecule has 1 rings (SSSR count). The Bertz CT molecular complexity index is 356. The van der Waals surface area contributed by atoms with Crippen LogP contribution in [0.4, 0.5) is 0 Å². The van der Waals surface area contributed by atoms with Crippen LogP contribution in [0, 0.1) is 6.92 Å². The molecule has 1 aromatic carbocycles. The van der Waals surface area contributed by atoms with Crippen LogP contribution in [-0.4, -0.2) is 13.1 Å². The summed E-state index contributed by atoms with van der Waals surface area (Å²) in [5.74, 6) is 0.276. The zero-order chi connectivity index (χ0) is 11.4. The van der Waals surface area contributed by atoms with E-state index in [9.17, 15) is 4.79 Å². The third-order valence-electron chi connectivity index (χ3n) is 2.84. The van der Waals surface area contributed by atoms with E-state index in [4.69, 9.17) is 4.74 Å². The molecule has 0 amide bonds. The SMILES string of the molecule is CC[C@H](C)c1ccc(C(=O)OC)c(C)c1. The van der Waals surface area contributed by atoms with Crippen molar-refractivity contribution < 1.29 is 9.53 Å². The number of carbonyl (C=O) groups is 1. The van der Waals surface area contributed by atoms with Crippen molar-refractivity contribution >= 4 is 5.97 Å². The lowest BCUT2D eigenvalue weighted by molar-refractivity contribution is 0.0600. The molecule has 0 bridgehead atoms. The summed E-state index contributed by atoms with van der Waals surface area (Å²) in [6.45, 7) is 6.29. The van der Waals surface area contributed by atoms with Crippen LogP contribution in [0.5, 0.6) is 0 Å².